The number of carbonyl (C=O) groups is 1. The van der Waals surface area contributed by atoms with E-state index in [4.69, 9.17) is 0 Å². The molecule has 1 atom stereocenters. The van der Waals surface area contributed by atoms with Crippen LogP contribution < -0.4 is 5.32 Å². The molecular weight excluding hydrogens is 350 g/mol. The molecule has 28 heavy (non-hydrogen) atoms. The van der Waals surface area contributed by atoms with Gasteiger partial charge in [-0.05, 0) is 42.5 Å². The quantitative estimate of drug-likeness (QED) is 0.720. The fourth-order valence-corrected chi connectivity index (χ4v) is 3.87. The first-order valence-electron chi connectivity index (χ1n) is 9.76. The molecule has 1 amide bonds. The summed E-state index contributed by atoms with van der Waals surface area (Å²) < 4.78 is 1.72. The third-order valence-electron chi connectivity index (χ3n) is 5.28. The summed E-state index contributed by atoms with van der Waals surface area (Å²) in [5.41, 5.74) is 3.32. The Bertz CT molecular complexity index is 894. The molecule has 144 valence electrons. The number of nitrogens with one attached hydrogen (secondary N) is 1. The zero-order valence-corrected chi connectivity index (χ0v) is 15.9. The van der Waals surface area contributed by atoms with E-state index in [1.165, 1.54) is 18.3 Å². The van der Waals surface area contributed by atoms with Crippen molar-refractivity contribution in [2.75, 3.05) is 19.6 Å². The summed E-state index contributed by atoms with van der Waals surface area (Å²) in [7, 11) is 0. The van der Waals surface area contributed by atoms with Crippen LogP contribution in [0.4, 0.5) is 0 Å². The Labute approximate surface area is 165 Å². The summed E-state index contributed by atoms with van der Waals surface area (Å²) in [6.45, 7) is 2.83. The Balaban J connectivity index is 1.33. The number of hydrogen-bond acceptors (Lipinski definition) is 4. The highest BCUT2D eigenvalue weighted by molar-refractivity contribution is 5.78. The molecule has 0 aliphatic carbocycles. The van der Waals surface area contributed by atoms with Crippen molar-refractivity contribution >= 4 is 5.91 Å². The van der Waals surface area contributed by atoms with Crippen LogP contribution >= 0.6 is 0 Å². The van der Waals surface area contributed by atoms with Gasteiger partial charge in [0, 0.05) is 13.1 Å². The second-order valence-electron chi connectivity index (χ2n) is 7.23. The normalized spacial score (nSPS) is 17.4. The Morgan fingerprint density at radius 1 is 1.11 bits per heavy atom. The van der Waals surface area contributed by atoms with Crippen molar-refractivity contribution in [1.29, 1.82) is 0 Å². The summed E-state index contributed by atoms with van der Waals surface area (Å²) in [6.07, 6.45) is 5.49. The molecule has 6 nitrogen and oxygen atoms in total. The van der Waals surface area contributed by atoms with Crippen LogP contribution in [0.25, 0.3) is 5.69 Å². The van der Waals surface area contributed by atoms with Crippen LogP contribution in [0.1, 0.15) is 29.9 Å². The predicted octanol–water partition coefficient (Wildman–Crippen LogP) is 2.76. The van der Waals surface area contributed by atoms with Crippen LogP contribution in [0.5, 0.6) is 0 Å². The number of carbonyl (C=O) groups excluding carboxylic acids is 1. The second-order valence-corrected chi connectivity index (χ2v) is 7.23. The molecule has 1 aliphatic heterocycles. The summed E-state index contributed by atoms with van der Waals surface area (Å²) in [5.74, 6) is 0.567. The molecule has 0 radical (unpaired) electrons. The molecule has 1 aliphatic rings. The van der Waals surface area contributed by atoms with Crippen molar-refractivity contribution < 1.29 is 4.79 Å². The van der Waals surface area contributed by atoms with E-state index in [1.54, 1.807) is 11.0 Å². The van der Waals surface area contributed by atoms with Crippen molar-refractivity contribution in [2.45, 2.75) is 25.3 Å². The minimum absolute atomic E-state index is 0.0575. The average Bonchev–Trinajstić information content (AvgIpc) is 3.28. The Morgan fingerprint density at radius 2 is 1.93 bits per heavy atom. The summed E-state index contributed by atoms with van der Waals surface area (Å²) >= 11 is 0. The van der Waals surface area contributed by atoms with Crippen LogP contribution in [-0.2, 0) is 11.3 Å². The van der Waals surface area contributed by atoms with E-state index in [9.17, 15) is 4.79 Å². The maximum atomic E-state index is 12.5. The van der Waals surface area contributed by atoms with Gasteiger partial charge in [-0.25, -0.2) is 9.67 Å². The topological polar surface area (TPSA) is 63.1 Å². The molecule has 1 unspecified atom stereocenters. The van der Waals surface area contributed by atoms with Gasteiger partial charge in [0.2, 0.25) is 5.91 Å². The number of likely N-dealkylation sites (tertiary alicyclic amines) is 1. The van der Waals surface area contributed by atoms with Gasteiger partial charge in [-0.3, -0.25) is 9.69 Å². The first-order chi connectivity index (χ1) is 13.8. The molecule has 4 rings (SSSR count). The molecule has 2 heterocycles. The smallest absolute Gasteiger partial charge is 0.234 e. The molecule has 0 spiro atoms. The van der Waals surface area contributed by atoms with Crippen molar-refractivity contribution in [3.05, 3.63) is 78.4 Å². The van der Waals surface area contributed by atoms with E-state index in [2.05, 4.69) is 50.6 Å². The fourth-order valence-electron chi connectivity index (χ4n) is 3.87. The van der Waals surface area contributed by atoms with Gasteiger partial charge in [0.25, 0.3) is 0 Å². The standard InChI is InChI=1S/C22H25N5O/c28-22(15-26-12-6-10-20(14-26)18-7-2-1-3-8-18)24-13-19-9-4-5-11-21(19)27-17-23-16-25-27/h1-5,7-9,11,16-17,20H,6,10,12-15H2,(H,24,28). The lowest BCUT2D eigenvalue weighted by Crippen LogP contribution is -2.41. The number of benzene rings is 2. The lowest BCUT2D eigenvalue weighted by molar-refractivity contribution is -0.122. The van der Waals surface area contributed by atoms with Gasteiger partial charge in [-0.15, -0.1) is 0 Å². The number of piperidine rings is 1. The minimum atomic E-state index is 0.0575. The minimum Gasteiger partial charge on any atom is -0.351 e. The van der Waals surface area contributed by atoms with Gasteiger partial charge < -0.3 is 5.32 Å². The van der Waals surface area contributed by atoms with Gasteiger partial charge >= 0.3 is 0 Å². The number of rotatable bonds is 6. The monoisotopic (exact) mass is 375 g/mol. The van der Waals surface area contributed by atoms with Crippen molar-refractivity contribution in [3.8, 4) is 5.69 Å². The lowest BCUT2D eigenvalue weighted by Gasteiger charge is -2.32. The van der Waals surface area contributed by atoms with Gasteiger partial charge in [0.15, 0.2) is 0 Å². The third-order valence-corrected chi connectivity index (χ3v) is 5.28. The van der Waals surface area contributed by atoms with Crippen LogP contribution in [0, 0.1) is 0 Å². The van der Waals surface area contributed by atoms with Crippen LogP contribution in [0.15, 0.2) is 67.3 Å². The van der Waals surface area contributed by atoms with E-state index in [0.29, 0.717) is 19.0 Å². The predicted molar refractivity (Wildman–Crippen MR) is 108 cm³/mol. The highest BCUT2D eigenvalue weighted by Crippen LogP contribution is 2.26. The second kappa shape index (κ2) is 8.80. The first kappa shape index (κ1) is 18.4. The largest absolute Gasteiger partial charge is 0.351 e. The maximum Gasteiger partial charge on any atom is 0.234 e. The zero-order valence-electron chi connectivity index (χ0n) is 15.9. The molecule has 2 aromatic carbocycles. The summed E-state index contributed by atoms with van der Waals surface area (Å²) in [4.78, 5) is 18.8. The van der Waals surface area contributed by atoms with Crippen molar-refractivity contribution in [1.82, 2.24) is 25.0 Å². The van der Waals surface area contributed by atoms with Crippen LogP contribution in [0.3, 0.4) is 0 Å². The van der Waals surface area contributed by atoms with Gasteiger partial charge in [-0.1, -0.05) is 48.5 Å². The molecule has 1 fully saturated rings. The van der Waals surface area contributed by atoms with E-state index >= 15 is 0 Å². The molecule has 1 aromatic heterocycles. The molecule has 0 bridgehead atoms. The molecule has 1 saturated heterocycles. The van der Waals surface area contributed by atoms with E-state index in [-0.39, 0.29) is 5.91 Å². The number of hydrogen-bond donors (Lipinski definition) is 1. The summed E-state index contributed by atoms with van der Waals surface area (Å²) in [6, 6.07) is 18.5. The van der Waals surface area contributed by atoms with Crippen molar-refractivity contribution in [3.63, 3.8) is 0 Å². The molecule has 1 N–H and O–H groups in total. The average molecular weight is 375 g/mol. The van der Waals surface area contributed by atoms with Crippen molar-refractivity contribution in [2.24, 2.45) is 0 Å². The SMILES string of the molecule is O=C(CN1CCCC(c2ccccc2)C1)NCc1ccccc1-n1cncn1. The van der Waals surface area contributed by atoms with Gasteiger partial charge in [0.1, 0.15) is 12.7 Å². The molecule has 6 heteroatoms. The highest BCUT2D eigenvalue weighted by Gasteiger charge is 2.22. The highest BCUT2D eigenvalue weighted by atomic mass is 16.2. The molecule has 0 saturated carbocycles. The number of amides is 1. The summed E-state index contributed by atoms with van der Waals surface area (Å²) in [5, 5.41) is 7.25. The Morgan fingerprint density at radius 3 is 2.75 bits per heavy atom. The lowest BCUT2D eigenvalue weighted by atomic mass is 9.91. The fraction of sp³-hybridized carbons (Fsp3) is 0.318. The Hall–Kier alpha value is -2.99. The molecule has 3 aromatic rings. The zero-order chi connectivity index (χ0) is 19.2. The molecular formula is C22H25N5O. The van der Waals surface area contributed by atoms with E-state index in [0.717, 1.165) is 30.8 Å². The van der Waals surface area contributed by atoms with Crippen LogP contribution in [0.2, 0.25) is 0 Å². The van der Waals surface area contributed by atoms with Crippen LogP contribution in [-0.4, -0.2) is 45.2 Å². The Kier molecular flexibility index (Phi) is 5.77. The number of para-hydroxylation sites is 1. The maximum absolute atomic E-state index is 12.5. The van der Waals surface area contributed by atoms with E-state index < -0.39 is 0 Å². The first-order valence-corrected chi connectivity index (χ1v) is 9.76. The number of aromatic nitrogens is 3. The van der Waals surface area contributed by atoms with E-state index in [1.807, 2.05) is 24.3 Å². The van der Waals surface area contributed by atoms with Gasteiger partial charge in [0.05, 0.1) is 12.2 Å². The van der Waals surface area contributed by atoms with Gasteiger partial charge in [-0.2, -0.15) is 5.10 Å². The third kappa shape index (κ3) is 4.46. The number of nitrogens with zero attached hydrogens (tertiary/aromatic N) is 4.